The molecule has 1 aromatic carbocycles. The molecule has 0 atom stereocenters. The molecule has 0 spiro atoms. The van der Waals surface area contributed by atoms with E-state index in [1.165, 1.54) is 6.07 Å². The van der Waals surface area contributed by atoms with Crippen molar-refractivity contribution in [2.45, 2.75) is 38.8 Å². The van der Waals surface area contributed by atoms with E-state index in [-0.39, 0.29) is 11.7 Å². The Bertz CT molecular complexity index is 422. The Morgan fingerprint density at radius 1 is 1.24 bits per heavy atom. The molecule has 94 valence electrons. The summed E-state index contributed by atoms with van der Waals surface area (Å²) in [5.41, 5.74) is 4.36. The van der Waals surface area contributed by atoms with Crippen molar-refractivity contribution in [1.82, 2.24) is 5.32 Å². The number of nitrogens with one attached hydrogen (secondary N) is 1. The molecule has 0 aliphatic rings. The van der Waals surface area contributed by atoms with Gasteiger partial charge in [0.2, 0.25) is 5.91 Å². The molecule has 0 heterocycles. The van der Waals surface area contributed by atoms with E-state index in [1.807, 2.05) is 0 Å². The van der Waals surface area contributed by atoms with Crippen LogP contribution in [0.25, 0.3) is 0 Å². The lowest BCUT2D eigenvalue weighted by Gasteiger charge is -2.30. The van der Waals surface area contributed by atoms with E-state index in [1.54, 1.807) is 45.9 Å². The van der Waals surface area contributed by atoms with Crippen LogP contribution in [0, 0.1) is 5.82 Å². The molecular formula is C13H19FN2O. The van der Waals surface area contributed by atoms with E-state index in [9.17, 15) is 9.18 Å². The molecule has 1 amide bonds. The van der Waals surface area contributed by atoms with Crippen LogP contribution in [-0.4, -0.2) is 11.4 Å². The smallest absolute Gasteiger partial charge is 0.240 e. The first-order chi connectivity index (χ1) is 7.64. The predicted octanol–water partition coefficient (Wildman–Crippen LogP) is 1.91. The zero-order valence-electron chi connectivity index (χ0n) is 10.7. The standard InChI is InChI=1S/C13H19FN2O/c1-12(2,15)11(17)16-13(3,4)9-7-5-6-8-10(9)14/h5-8H,15H2,1-4H3,(H,16,17). The van der Waals surface area contributed by atoms with E-state index in [2.05, 4.69) is 5.32 Å². The molecule has 0 radical (unpaired) electrons. The lowest BCUT2D eigenvalue weighted by molar-refractivity contribution is -0.127. The Labute approximate surface area is 101 Å². The summed E-state index contributed by atoms with van der Waals surface area (Å²) in [4.78, 5) is 11.8. The number of carbonyl (C=O) groups excluding carboxylic acids is 1. The minimum Gasteiger partial charge on any atom is -0.345 e. The van der Waals surface area contributed by atoms with Crippen molar-refractivity contribution in [3.63, 3.8) is 0 Å². The molecular weight excluding hydrogens is 219 g/mol. The van der Waals surface area contributed by atoms with Gasteiger partial charge in [-0.2, -0.15) is 0 Å². The van der Waals surface area contributed by atoms with Crippen LogP contribution in [0.5, 0.6) is 0 Å². The number of rotatable bonds is 3. The number of nitrogens with two attached hydrogens (primary N) is 1. The van der Waals surface area contributed by atoms with Crippen LogP contribution in [0.1, 0.15) is 33.3 Å². The van der Waals surface area contributed by atoms with Gasteiger partial charge in [0.1, 0.15) is 5.82 Å². The summed E-state index contributed by atoms with van der Waals surface area (Å²) in [6.45, 7) is 6.71. The molecule has 0 saturated heterocycles. The molecule has 1 aromatic rings. The lowest BCUT2D eigenvalue weighted by Crippen LogP contribution is -2.54. The van der Waals surface area contributed by atoms with Gasteiger partial charge in [0.25, 0.3) is 0 Å². The lowest BCUT2D eigenvalue weighted by atomic mass is 9.92. The Kier molecular flexibility index (Phi) is 3.57. The Morgan fingerprint density at radius 3 is 2.24 bits per heavy atom. The van der Waals surface area contributed by atoms with Crippen molar-refractivity contribution in [3.8, 4) is 0 Å². The second-order valence-electron chi connectivity index (χ2n) is 5.28. The maximum Gasteiger partial charge on any atom is 0.240 e. The van der Waals surface area contributed by atoms with Gasteiger partial charge in [0.05, 0.1) is 11.1 Å². The maximum atomic E-state index is 13.6. The summed E-state index contributed by atoms with van der Waals surface area (Å²) >= 11 is 0. The third-order valence-electron chi connectivity index (χ3n) is 2.56. The molecule has 0 bridgehead atoms. The van der Waals surface area contributed by atoms with Crippen LogP contribution < -0.4 is 11.1 Å². The fourth-order valence-corrected chi connectivity index (χ4v) is 1.48. The highest BCUT2D eigenvalue weighted by Gasteiger charge is 2.31. The third-order valence-corrected chi connectivity index (χ3v) is 2.56. The molecule has 1 rings (SSSR count). The average Bonchev–Trinajstić information content (AvgIpc) is 2.15. The van der Waals surface area contributed by atoms with Crippen LogP contribution in [0.2, 0.25) is 0 Å². The van der Waals surface area contributed by atoms with Gasteiger partial charge in [-0.25, -0.2) is 4.39 Å². The predicted molar refractivity (Wildman–Crippen MR) is 65.8 cm³/mol. The topological polar surface area (TPSA) is 55.1 Å². The minimum atomic E-state index is -0.984. The molecule has 3 N–H and O–H groups in total. The summed E-state index contributed by atoms with van der Waals surface area (Å²) in [5, 5.41) is 2.75. The van der Waals surface area contributed by atoms with Crippen molar-refractivity contribution >= 4 is 5.91 Å². The SMILES string of the molecule is CC(C)(N)C(=O)NC(C)(C)c1ccccc1F. The second kappa shape index (κ2) is 4.45. The van der Waals surface area contributed by atoms with Gasteiger partial charge in [0, 0.05) is 5.56 Å². The number of carbonyl (C=O) groups is 1. The average molecular weight is 238 g/mol. The van der Waals surface area contributed by atoms with Gasteiger partial charge in [-0.05, 0) is 33.8 Å². The minimum absolute atomic E-state index is 0.314. The van der Waals surface area contributed by atoms with Gasteiger partial charge < -0.3 is 11.1 Å². The van der Waals surface area contributed by atoms with Crippen LogP contribution in [0.3, 0.4) is 0 Å². The monoisotopic (exact) mass is 238 g/mol. The van der Waals surface area contributed by atoms with E-state index in [0.717, 1.165) is 0 Å². The van der Waals surface area contributed by atoms with Gasteiger partial charge in [-0.15, -0.1) is 0 Å². The van der Waals surface area contributed by atoms with Crippen LogP contribution >= 0.6 is 0 Å². The van der Waals surface area contributed by atoms with Gasteiger partial charge in [0.15, 0.2) is 0 Å². The van der Waals surface area contributed by atoms with E-state index >= 15 is 0 Å². The summed E-state index contributed by atoms with van der Waals surface area (Å²) in [5.74, 6) is -0.654. The molecule has 0 aromatic heterocycles. The molecule has 0 fully saturated rings. The van der Waals surface area contributed by atoms with Crippen LogP contribution in [0.4, 0.5) is 4.39 Å². The highest BCUT2D eigenvalue weighted by Crippen LogP contribution is 2.23. The molecule has 0 unspecified atom stereocenters. The zero-order valence-corrected chi connectivity index (χ0v) is 10.7. The van der Waals surface area contributed by atoms with E-state index < -0.39 is 11.1 Å². The molecule has 4 heteroatoms. The molecule has 0 saturated carbocycles. The summed E-state index contributed by atoms with van der Waals surface area (Å²) < 4.78 is 13.6. The maximum absolute atomic E-state index is 13.6. The van der Waals surface area contributed by atoms with Gasteiger partial charge in [-0.3, -0.25) is 4.79 Å². The highest BCUT2D eigenvalue weighted by atomic mass is 19.1. The number of amides is 1. The Morgan fingerprint density at radius 2 is 1.76 bits per heavy atom. The summed E-state index contributed by atoms with van der Waals surface area (Å²) in [6.07, 6.45) is 0. The first kappa shape index (κ1) is 13.6. The van der Waals surface area contributed by atoms with E-state index in [4.69, 9.17) is 5.73 Å². The number of benzene rings is 1. The van der Waals surface area contributed by atoms with Crippen LogP contribution in [0.15, 0.2) is 24.3 Å². The number of hydrogen-bond donors (Lipinski definition) is 2. The Hall–Kier alpha value is -1.42. The van der Waals surface area contributed by atoms with Crippen molar-refractivity contribution in [2.75, 3.05) is 0 Å². The van der Waals surface area contributed by atoms with E-state index in [0.29, 0.717) is 5.56 Å². The fraction of sp³-hybridized carbons (Fsp3) is 0.462. The number of halogens is 1. The summed E-state index contributed by atoms with van der Waals surface area (Å²) in [6, 6.07) is 6.37. The molecule has 0 aliphatic carbocycles. The second-order valence-corrected chi connectivity index (χ2v) is 5.28. The zero-order chi connectivity index (χ0) is 13.3. The largest absolute Gasteiger partial charge is 0.345 e. The van der Waals surface area contributed by atoms with Gasteiger partial charge in [-0.1, -0.05) is 18.2 Å². The first-order valence-corrected chi connectivity index (χ1v) is 5.51. The third kappa shape index (κ3) is 3.27. The normalized spacial score (nSPS) is 12.4. The number of hydrogen-bond acceptors (Lipinski definition) is 2. The van der Waals surface area contributed by atoms with Crippen molar-refractivity contribution in [2.24, 2.45) is 5.73 Å². The van der Waals surface area contributed by atoms with Gasteiger partial charge >= 0.3 is 0 Å². The summed E-state index contributed by atoms with van der Waals surface area (Å²) in [7, 11) is 0. The highest BCUT2D eigenvalue weighted by molar-refractivity contribution is 5.85. The molecule has 3 nitrogen and oxygen atoms in total. The first-order valence-electron chi connectivity index (χ1n) is 5.51. The van der Waals surface area contributed by atoms with Crippen molar-refractivity contribution < 1.29 is 9.18 Å². The fourth-order valence-electron chi connectivity index (χ4n) is 1.48. The quantitative estimate of drug-likeness (QED) is 0.845. The van der Waals surface area contributed by atoms with Crippen molar-refractivity contribution in [1.29, 1.82) is 0 Å². The molecule has 0 aliphatic heterocycles. The van der Waals surface area contributed by atoms with Crippen molar-refractivity contribution in [3.05, 3.63) is 35.6 Å². The van der Waals surface area contributed by atoms with Crippen LogP contribution in [-0.2, 0) is 10.3 Å². The Balaban J connectivity index is 2.97. The molecule has 17 heavy (non-hydrogen) atoms.